The number of benzene rings is 3. The topological polar surface area (TPSA) is 32.1 Å². The Morgan fingerprint density at radius 1 is 0.912 bits per heavy atom. The van der Waals surface area contributed by atoms with Crippen LogP contribution in [0.5, 0.6) is 0 Å². The smallest absolute Gasteiger partial charge is 0.224 e. The van der Waals surface area contributed by atoms with E-state index in [1.807, 2.05) is 13.8 Å². The number of aryl methyl sites for hydroxylation is 5. The molecule has 0 spiro atoms. The Hall–Kier alpha value is -3.64. The molecule has 0 aliphatic carbocycles. The van der Waals surface area contributed by atoms with Crippen molar-refractivity contribution in [3.63, 3.8) is 0 Å². The summed E-state index contributed by atoms with van der Waals surface area (Å²) in [6.45, 7) is 13.0. The van der Waals surface area contributed by atoms with Gasteiger partial charge >= 0.3 is 0 Å². The number of fused-ring (bicyclic) bond motifs is 6. The number of pyridine rings is 2. The second-order valence-corrected chi connectivity index (χ2v) is 10.9. The molecule has 0 N–H and O–H groups in total. The molecule has 0 aliphatic rings. The molecule has 3 heterocycles. The fourth-order valence-corrected chi connectivity index (χ4v) is 6.10. The van der Waals surface area contributed by atoms with E-state index in [2.05, 4.69) is 92.4 Å². The summed E-state index contributed by atoms with van der Waals surface area (Å²) in [7, 11) is 2.16. The van der Waals surface area contributed by atoms with E-state index in [0.29, 0.717) is 0 Å². The van der Waals surface area contributed by atoms with Crippen molar-refractivity contribution in [1.29, 1.82) is 5.26 Å². The third-order valence-electron chi connectivity index (χ3n) is 7.77. The molecular formula is C31H30N3+. The summed E-state index contributed by atoms with van der Waals surface area (Å²) in [5.74, 6) is 0. The van der Waals surface area contributed by atoms with Crippen LogP contribution in [0.1, 0.15) is 41.7 Å². The lowest BCUT2D eigenvalue weighted by Gasteiger charge is -2.19. The van der Waals surface area contributed by atoms with Gasteiger partial charge < -0.3 is 4.40 Å². The van der Waals surface area contributed by atoms with E-state index in [4.69, 9.17) is 0 Å². The highest BCUT2D eigenvalue weighted by atomic mass is 15.0. The Bertz CT molecular complexity index is 1860. The lowest BCUT2D eigenvalue weighted by Crippen LogP contribution is -2.29. The van der Waals surface area contributed by atoms with Crippen molar-refractivity contribution in [2.24, 2.45) is 12.5 Å². The van der Waals surface area contributed by atoms with Crippen LogP contribution in [0.2, 0.25) is 0 Å². The van der Waals surface area contributed by atoms with Gasteiger partial charge in [0.2, 0.25) is 5.52 Å². The van der Waals surface area contributed by atoms with Gasteiger partial charge in [-0.25, -0.2) is 4.57 Å². The molecule has 3 heteroatoms. The number of nitriles is 1. The van der Waals surface area contributed by atoms with Gasteiger partial charge in [0, 0.05) is 16.8 Å². The van der Waals surface area contributed by atoms with Gasteiger partial charge in [0.15, 0.2) is 6.20 Å². The Kier molecular flexibility index (Phi) is 4.13. The summed E-state index contributed by atoms with van der Waals surface area (Å²) in [5.41, 5.74) is 11.1. The van der Waals surface area contributed by atoms with Crippen LogP contribution in [0.25, 0.3) is 49.0 Å². The van der Waals surface area contributed by atoms with Gasteiger partial charge in [-0.2, -0.15) is 5.26 Å². The fourth-order valence-electron chi connectivity index (χ4n) is 6.10. The minimum atomic E-state index is -0.438. The molecule has 0 radical (unpaired) electrons. The Labute approximate surface area is 200 Å². The van der Waals surface area contributed by atoms with Crippen LogP contribution < -0.4 is 4.57 Å². The highest BCUT2D eigenvalue weighted by Gasteiger charge is 2.28. The van der Waals surface area contributed by atoms with Crippen molar-refractivity contribution >= 4 is 49.0 Å². The molecule has 0 bridgehead atoms. The summed E-state index contributed by atoms with van der Waals surface area (Å²) < 4.78 is 4.80. The Balaban J connectivity index is 2.04. The molecule has 34 heavy (non-hydrogen) atoms. The van der Waals surface area contributed by atoms with Crippen LogP contribution >= 0.6 is 0 Å². The first kappa shape index (κ1) is 20.9. The first-order valence-electron chi connectivity index (χ1n) is 12.0. The first-order valence-corrected chi connectivity index (χ1v) is 12.0. The molecule has 0 saturated heterocycles. The normalized spacial score (nSPS) is 12.6. The van der Waals surface area contributed by atoms with E-state index >= 15 is 0 Å². The van der Waals surface area contributed by atoms with Gasteiger partial charge in [-0.1, -0.05) is 17.7 Å². The highest BCUT2D eigenvalue weighted by Crippen LogP contribution is 2.44. The fraction of sp³-hybridized carbons (Fsp3) is 0.290. The van der Waals surface area contributed by atoms with E-state index in [1.54, 1.807) is 0 Å². The van der Waals surface area contributed by atoms with Crippen LogP contribution in [0.3, 0.4) is 0 Å². The lowest BCUT2D eigenvalue weighted by atomic mass is 9.84. The van der Waals surface area contributed by atoms with Crippen molar-refractivity contribution in [2.75, 3.05) is 0 Å². The molecular weight excluding hydrogens is 414 g/mol. The molecule has 3 aromatic carbocycles. The van der Waals surface area contributed by atoms with E-state index in [-0.39, 0.29) is 0 Å². The minimum absolute atomic E-state index is 0.438. The zero-order chi connectivity index (χ0) is 24.1. The van der Waals surface area contributed by atoms with Crippen LogP contribution in [0.15, 0.2) is 42.6 Å². The highest BCUT2D eigenvalue weighted by molar-refractivity contribution is 6.28. The van der Waals surface area contributed by atoms with E-state index in [1.165, 1.54) is 76.8 Å². The number of hydrogen-bond donors (Lipinski definition) is 0. The van der Waals surface area contributed by atoms with Gasteiger partial charge in [0.1, 0.15) is 7.05 Å². The number of nitrogens with zero attached hydrogens (tertiary/aromatic N) is 3. The molecule has 3 nitrogen and oxygen atoms in total. The molecule has 168 valence electrons. The average Bonchev–Trinajstić information content (AvgIpc) is 3.12. The van der Waals surface area contributed by atoms with Crippen molar-refractivity contribution in [3.05, 3.63) is 70.4 Å². The summed E-state index contributed by atoms with van der Waals surface area (Å²) in [4.78, 5) is 0. The second kappa shape index (κ2) is 6.70. The predicted molar refractivity (Wildman–Crippen MR) is 142 cm³/mol. The summed E-state index contributed by atoms with van der Waals surface area (Å²) >= 11 is 0. The third-order valence-corrected chi connectivity index (χ3v) is 7.77. The maximum atomic E-state index is 9.86. The molecule has 0 amide bonds. The number of aromatic nitrogens is 2. The SMILES string of the molecule is Cc1ccc2c(c1)c1c(CC(C)(C)C#N)cc3cc[n+](C)c4c5c(C)c(C)cc(C)c5n2c1c34. The largest absolute Gasteiger partial charge is 0.307 e. The minimum Gasteiger partial charge on any atom is -0.307 e. The maximum Gasteiger partial charge on any atom is 0.224 e. The molecule has 0 fully saturated rings. The quantitative estimate of drug-likeness (QED) is 0.159. The van der Waals surface area contributed by atoms with Crippen LogP contribution in [-0.2, 0) is 13.5 Å². The van der Waals surface area contributed by atoms with Gasteiger partial charge in [-0.3, -0.25) is 0 Å². The van der Waals surface area contributed by atoms with Gasteiger partial charge in [0.05, 0.1) is 38.8 Å². The van der Waals surface area contributed by atoms with Crippen molar-refractivity contribution in [2.45, 2.75) is 48.0 Å². The van der Waals surface area contributed by atoms with Gasteiger partial charge in [0.25, 0.3) is 0 Å². The second-order valence-electron chi connectivity index (χ2n) is 10.9. The molecule has 0 atom stereocenters. The number of rotatable bonds is 2. The Morgan fingerprint density at radius 2 is 1.68 bits per heavy atom. The van der Waals surface area contributed by atoms with Crippen molar-refractivity contribution in [1.82, 2.24) is 4.40 Å². The molecule has 0 aliphatic heterocycles. The summed E-state index contributed by atoms with van der Waals surface area (Å²) in [6.07, 6.45) is 2.91. The third kappa shape index (κ3) is 2.60. The predicted octanol–water partition coefficient (Wildman–Crippen LogP) is 7.14. The van der Waals surface area contributed by atoms with E-state index < -0.39 is 5.41 Å². The van der Waals surface area contributed by atoms with E-state index in [9.17, 15) is 5.26 Å². The molecule has 3 aromatic heterocycles. The zero-order valence-electron chi connectivity index (χ0n) is 21.1. The number of hydrogen-bond acceptors (Lipinski definition) is 1. The molecule has 6 rings (SSSR count). The standard InChI is InChI=1S/C31H30N3/c1-17-8-9-24-23(12-17)26-22(15-31(5,6)16-32)14-21-10-11-33(7)29-25-20(4)18(2)13-19(3)28(25)34(24)30(26)27(21)29/h8-14H,15H2,1-7H3/q+1. The van der Waals surface area contributed by atoms with Crippen molar-refractivity contribution in [3.8, 4) is 6.07 Å². The average molecular weight is 445 g/mol. The Morgan fingerprint density at radius 3 is 2.41 bits per heavy atom. The molecule has 0 unspecified atom stereocenters. The van der Waals surface area contributed by atoms with Gasteiger partial charge in [-0.05, 0) is 93.8 Å². The molecule has 0 saturated carbocycles. The lowest BCUT2D eigenvalue weighted by molar-refractivity contribution is -0.643. The summed E-state index contributed by atoms with van der Waals surface area (Å²) in [5, 5.41) is 16.3. The van der Waals surface area contributed by atoms with Crippen LogP contribution in [-0.4, -0.2) is 4.40 Å². The van der Waals surface area contributed by atoms with E-state index in [0.717, 1.165) is 6.42 Å². The van der Waals surface area contributed by atoms with Gasteiger partial charge in [-0.15, -0.1) is 0 Å². The van der Waals surface area contributed by atoms with Crippen LogP contribution in [0, 0.1) is 44.4 Å². The van der Waals surface area contributed by atoms with Crippen molar-refractivity contribution < 1.29 is 4.57 Å². The monoisotopic (exact) mass is 444 g/mol. The first-order chi connectivity index (χ1) is 16.1. The maximum absolute atomic E-state index is 9.86. The summed E-state index contributed by atoms with van der Waals surface area (Å²) in [6, 6.07) is 16.3. The molecule has 6 aromatic rings. The van der Waals surface area contributed by atoms with Crippen LogP contribution in [0.4, 0.5) is 0 Å². The zero-order valence-corrected chi connectivity index (χ0v) is 21.1.